The van der Waals surface area contributed by atoms with Crippen LogP contribution in [0.4, 0.5) is 11.4 Å². The lowest BCUT2D eigenvalue weighted by Crippen LogP contribution is -2.18. The molecule has 3 rings (SSSR count). The molecule has 3 aromatic carbocycles. The molecule has 21 heavy (non-hydrogen) atoms. The van der Waals surface area contributed by atoms with Crippen LogP contribution in [0.25, 0.3) is 10.8 Å². The molecule has 0 N–H and O–H groups in total. The van der Waals surface area contributed by atoms with Crippen molar-refractivity contribution in [2.45, 2.75) is 19.8 Å². The van der Waals surface area contributed by atoms with E-state index >= 15 is 0 Å². The first-order valence-corrected chi connectivity index (χ1v) is 7.70. The minimum atomic E-state index is 1.05. The summed E-state index contributed by atoms with van der Waals surface area (Å²) in [5, 5.41) is 2.59. The van der Waals surface area contributed by atoms with Gasteiger partial charge >= 0.3 is 0 Å². The summed E-state index contributed by atoms with van der Waals surface area (Å²) < 4.78 is 0. The first-order valence-electron chi connectivity index (χ1n) is 7.70. The number of benzene rings is 3. The molecule has 0 bridgehead atoms. The van der Waals surface area contributed by atoms with Crippen molar-refractivity contribution < 1.29 is 0 Å². The van der Waals surface area contributed by atoms with E-state index in [0.29, 0.717) is 0 Å². The Kier molecular flexibility index (Phi) is 4.20. The van der Waals surface area contributed by atoms with Gasteiger partial charge in [-0.15, -0.1) is 0 Å². The molecule has 0 radical (unpaired) electrons. The second-order valence-electron chi connectivity index (χ2n) is 5.37. The van der Waals surface area contributed by atoms with E-state index in [4.69, 9.17) is 0 Å². The van der Waals surface area contributed by atoms with Gasteiger partial charge in [-0.25, -0.2) is 0 Å². The van der Waals surface area contributed by atoms with Crippen molar-refractivity contribution in [2.24, 2.45) is 0 Å². The van der Waals surface area contributed by atoms with Gasteiger partial charge in [-0.2, -0.15) is 0 Å². The Labute approximate surface area is 126 Å². The van der Waals surface area contributed by atoms with Gasteiger partial charge in [0.2, 0.25) is 0 Å². The zero-order valence-electron chi connectivity index (χ0n) is 12.5. The Hall–Kier alpha value is -2.28. The molecule has 0 saturated heterocycles. The molecule has 0 fully saturated rings. The molecule has 3 aromatic rings. The Balaban J connectivity index is 2.01. The molecule has 1 nitrogen and oxygen atoms in total. The first kappa shape index (κ1) is 13.7. The van der Waals surface area contributed by atoms with Crippen LogP contribution in [0.1, 0.15) is 19.8 Å². The summed E-state index contributed by atoms with van der Waals surface area (Å²) in [5.74, 6) is 0. The van der Waals surface area contributed by atoms with Gasteiger partial charge in [-0.1, -0.05) is 61.9 Å². The number of fused-ring (bicyclic) bond motifs is 1. The van der Waals surface area contributed by atoms with Crippen molar-refractivity contribution in [3.8, 4) is 0 Å². The molecule has 0 aliphatic carbocycles. The van der Waals surface area contributed by atoms with Crippen LogP contribution in [0.3, 0.4) is 0 Å². The monoisotopic (exact) mass is 275 g/mol. The second kappa shape index (κ2) is 6.45. The first-order chi connectivity index (χ1) is 10.4. The predicted molar refractivity (Wildman–Crippen MR) is 92.3 cm³/mol. The van der Waals surface area contributed by atoms with Crippen molar-refractivity contribution in [1.29, 1.82) is 0 Å². The van der Waals surface area contributed by atoms with Crippen molar-refractivity contribution >= 4 is 22.1 Å². The van der Waals surface area contributed by atoms with Gasteiger partial charge in [-0.05, 0) is 41.5 Å². The minimum absolute atomic E-state index is 1.05. The minimum Gasteiger partial charge on any atom is -0.341 e. The van der Waals surface area contributed by atoms with Gasteiger partial charge in [0.15, 0.2) is 0 Å². The Morgan fingerprint density at radius 2 is 1.43 bits per heavy atom. The molecule has 0 saturated carbocycles. The van der Waals surface area contributed by atoms with Gasteiger partial charge in [-0.3, -0.25) is 0 Å². The molecule has 0 atom stereocenters. The van der Waals surface area contributed by atoms with E-state index in [0.717, 1.165) is 6.54 Å². The topological polar surface area (TPSA) is 3.24 Å². The summed E-state index contributed by atoms with van der Waals surface area (Å²) in [6.45, 7) is 3.29. The Bertz CT molecular complexity index is 703. The predicted octanol–water partition coefficient (Wildman–Crippen LogP) is 5.78. The molecule has 1 heteroatoms. The lowest BCUT2D eigenvalue weighted by Gasteiger charge is -2.25. The largest absolute Gasteiger partial charge is 0.341 e. The number of rotatable bonds is 5. The average Bonchev–Trinajstić information content (AvgIpc) is 2.56. The molecule has 0 aliphatic heterocycles. The van der Waals surface area contributed by atoms with Crippen LogP contribution in [-0.4, -0.2) is 6.54 Å². The van der Waals surface area contributed by atoms with Crippen LogP contribution in [0.2, 0.25) is 0 Å². The molecule has 0 amide bonds. The normalized spacial score (nSPS) is 10.7. The SMILES string of the molecule is CCCCN(c1ccccc1)c1ccc2ccccc2c1. The number of nitrogens with zero attached hydrogens (tertiary/aromatic N) is 1. The smallest absolute Gasteiger partial charge is 0.0417 e. The maximum Gasteiger partial charge on any atom is 0.0417 e. The van der Waals surface area contributed by atoms with Crippen molar-refractivity contribution in [2.75, 3.05) is 11.4 Å². The van der Waals surface area contributed by atoms with Crippen molar-refractivity contribution in [3.63, 3.8) is 0 Å². The van der Waals surface area contributed by atoms with Crippen LogP contribution >= 0.6 is 0 Å². The van der Waals surface area contributed by atoms with E-state index in [9.17, 15) is 0 Å². The highest BCUT2D eigenvalue weighted by molar-refractivity contribution is 5.86. The third-order valence-electron chi connectivity index (χ3n) is 3.85. The highest BCUT2D eigenvalue weighted by atomic mass is 15.1. The van der Waals surface area contributed by atoms with E-state index in [-0.39, 0.29) is 0 Å². The number of para-hydroxylation sites is 1. The molecule has 0 aliphatic rings. The summed E-state index contributed by atoms with van der Waals surface area (Å²) in [4.78, 5) is 2.41. The number of anilines is 2. The van der Waals surface area contributed by atoms with E-state index in [2.05, 4.69) is 84.6 Å². The lowest BCUT2D eigenvalue weighted by atomic mass is 10.1. The van der Waals surface area contributed by atoms with Gasteiger partial charge in [0, 0.05) is 17.9 Å². The third kappa shape index (κ3) is 3.08. The summed E-state index contributed by atoms with van der Waals surface area (Å²) in [7, 11) is 0. The standard InChI is InChI=1S/C20H21N/c1-2-3-15-21(19-11-5-4-6-12-19)20-14-13-17-9-7-8-10-18(17)16-20/h4-14,16H,2-3,15H2,1H3. The zero-order valence-corrected chi connectivity index (χ0v) is 12.5. The van der Waals surface area contributed by atoms with E-state index in [1.165, 1.54) is 35.0 Å². The molecule has 0 spiro atoms. The number of hydrogen-bond donors (Lipinski definition) is 0. The van der Waals surface area contributed by atoms with Gasteiger partial charge < -0.3 is 4.90 Å². The Morgan fingerprint density at radius 3 is 2.19 bits per heavy atom. The summed E-state index contributed by atoms with van der Waals surface area (Å²) >= 11 is 0. The van der Waals surface area contributed by atoms with E-state index < -0.39 is 0 Å². The quantitative estimate of drug-likeness (QED) is 0.570. The molecule has 0 aromatic heterocycles. The number of hydrogen-bond acceptors (Lipinski definition) is 1. The summed E-state index contributed by atoms with van der Waals surface area (Å²) in [5.41, 5.74) is 2.54. The highest BCUT2D eigenvalue weighted by Gasteiger charge is 2.08. The second-order valence-corrected chi connectivity index (χ2v) is 5.37. The summed E-state index contributed by atoms with van der Waals surface area (Å²) in [6.07, 6.45) is 2.40. The molecular weight excluding hydrogens is 254 g/mol. The lowest BCUT2D eigenvalue weighted by molar-refractivity contribution is 0.786. The fourth-order valence-corrected chi connectivity index (χ4v) is 2.68. The third-order valence-corrected chi connectivity index (χ3v) is 3.85. The van der Waals surface area contributed by atoms with Gasteiger partial charge in [0.25, 0.3) is 0 Å². The average molecular weight is 275 g/mol. The fourth-order valence-electron chi connectivity index (χ4n) is 2.68. The molecular formula is C20H21N. The van der Waals surface area contributed by atoms with E-state index in [1.807, 2.05) is 0 Å². The van der Waals surface area contributed by atoms with Crippen LogP contribution in [0.15, 0.2) is 72.8 Å². The van der Waals surface area contributed by atoms with Crippen LogP contribution in [-0.2, 0) is 0 Å². The van der Waals surface area contributed by atoms with Crippen LogP contribution < -0.4 is 4.90 Å². The zero-order chi connectivity index (χ0) is 14.5. The molecule has 0 heterocycles. The van der Waals surface area contributed by atoms with Crippen LogP contribution in [0, 0.1) is 0 Å². The van der Waals surface area contributed by atoms with Gasteiger partial charge in [0.1, 0.15) is 0 Å². The van der Waals surface area contributed by atoms with E-state index in [1.54, 1.807) is 0 Å². The molecule has 0 unspecified atom stereocenters. The maximum atomic E-state index is 2.41. The van der Waals surface area contributed by atoms with Crippen molar-refractivity contribution in [3.05, 3.63) is 72.8 Å². The number of unbranched alkanes of at least 4 members (excludes halogenated alkanes) is 1. The van der Waals surface area contributed by atoms with Crippen molar-refractivity contribution in [1.82, 2.24) is 0 Å². The fraction of sp³-hybridized carbons (Fsp3) is 0.200. The molecule has 106 valence electrons. The maximum absolute atomic E-state index is 2.41. The highest BCUT2D eigenvalue weighted by Crippen LogP contribution is 2.28. The van der Waals surface area contributed by atoms with Gasteiger partial charge in [0.05, 0.1) is 0 Å². The summed E-state index contributed by atoms with van der Waals surface area (Å²) in [6, 6.07) is 25.9. The Morgan fingerprint density at radius 1 is 0.714 bits per heavy atom. The van der Waals surface area contributed by atoms with Crippen LogP contribution in [0.5, 0.6) is 0 Å².